The lowest BCUT2D eigenvalue weighted by Crippen LogP contribution is -2.39. The van der Waals surface area contributed by atoms with Crippen LogP contribution in [0.15, 0.2) is 52.4 Å². The van der Waals surface area contributed by atoms with Gasteiger partial charge < -0.3 is 15.3 Å². The predicted molar refractivity (Wildman–Crippen MR) is 141 cm³/mol. The summed E-state index contributed by atoms with van der Waals surface area (Å²) in [6.45, 7) is 3.85. The molecular formula is C29H34FNO5S. The van der Waals surface area contributed by atoms with Gasteiger partial charge in [0.15, 0.2) is 11.6 Å². The summed E-state index contributed by atoms with van der Waals surface area (Å²) >= 11 is 1.49. The Morgan fingerprint density at radius 3 is 2.70 bits per heavy atom. The molecule has 3 N–H and O–H groups in total. The van der Waals surface area contributed by atoms with Gasteiger partial charge in [-0.1, -0.05) is 42.7 Å². The minimum atomic E-state index is -0.867. The Kier molecular flexibility index (Phi) is 8.62. The fourth-order valence-electron chi connectivity index (χ4n) is 5.77. The molecule has 0 saturated carbocycles. The summed E-state index contributed by atoms with van der Waals surface area (Å²) in [5, 5.41) is 33.0. The minimum absolute atomic E-state index is 0.191. The average molecular weight is 528 g/mol. The highest BCUT2D eigenvalue weighted by atomic mass is 32.1. The lowest BCUT2D eigenvalue weighted by atomic mass is 9.67. The first-order valence-corrected chi connectivity index (χ1v) is 13.7. The number of likely N-dealkylation sites (tertiary alicyclic amines) is 1. The van der Waals surface area contributed by atoms with Crippen LogP contribution in [-0.2, 0) is 16.1 Å². The van der Waals surface area contributed by atoms with Crippen molar-refractivity contribution in [1.82, 2.24) is 4.90 Å². The Hall–Kier alpha value is -2.81. The summed E-state index contributed by atoms with van der Waals surface area (Å²) in [4.78, 5) is 29.0. The summed E-state index contributed by atoms with van der Waals surface area (Å²) in [6.07, 6.45) is 3.78. The first-order chi connectivity index (χ1) is 17.7. The van der Waals surface area contributed by atoms with Gasteiger partial charge in [-0.25, -0.2) is 4.39 Å². The van der Waals surface area contributed by atoms with Crippen LogP contribution in [0.4, 0.5) is 4.39 Å². The largest absolute Gasteiger partial charge is 0.505 e. The van der Waals surface area contributed by atoms with Crippen LogP contribution in [0.5, 0.6) is 5.75 Å². The molecule has 198 valence electrons. The number of hydrogen-bond donors (Lipinski definition) is 3. The van der Waals surface area contributed by atoms with E-state index in [9.17, 15) is 29.3 Å². The summed E-state index contributed by atoms with van der Waals surface area (Å²) in [7, 11) is 0. The van der Waals surface area contributed by atoms with Crippen LogP contribution in [0, 0.1) is 23.6 Å². The van der Waals surface area contributed by atoms with Gasteiger partial charge >= 0.3 is 0 Å². The van der Waals surface area contributed by atoms with E-state index in [2.05, 4.69) is 0 Å². The zero-order valence-electron chi connectivity index (χ0n) is 21.2. The molecule has 2 amide bonds. The number of phenolic OH excluding ortho intramolecular Hbond substituents is 1. The molecule has 1 saturated heterocycles. The summed E-state index contributed by atoms with van der Waals surface area (Å²) in [6, 6.07) is 7.96. The number of carbonyl (C=O) groups excluding carboxylic acids is 2. The first-order valence-electron chi connectivity index (χ1n) is 12.8. The quantitative estimate of drug-likeness (QED) is 0.297. The van der Waals surface area contributed by atoms with Gasteiger partial charge in [0, 0.05) is 10.8 Å². The van der Waals surface area contributed by atoms with E-state index in [1.807, 2.05) is 31.4 Å². The number of imide groups is 1. The molecule has 4 atom stereocenters. The molecule has 1 fully saturated rings. The van der Waals surface area contributed by atoms with Gasteiger partial charge in [-0.3, -0.25) is 14.5 Å². The third-order valence-electron chi connectivity index (χ3n) is 7.47. The van der Waals surface area contributed by atoms with E-state index in [-0.39, 0.29) is 25.0 Å². The van der Waals surface area contributed by atoms with Crippen LogP contribution in [0.25, 0.3) is 6.08 Å². The molecule has 0 bridgehead atoms. The van der Waals surface area contributed by atoms with Gasteiger partial charge in [0.05, 0.1) is 31.1 Å². The predicted octanol–water partition coefficient (Wildman–Crippen LogP) is 5.05. The number of phenols is 1. The molecule has 37 heavy (non-hydrogen) atoms. The van der Waals surface area contributed by atoms with Crippen molar-refractivity contribution in [2.24, 2.45) is 17.8 Å². The summed E-state index contributed by atoms with van der Waals surface area (Å²) < 4.78 is 13.7. The van der Waals surface area contributed by atoms with Crippen molar-refractivity contribution in [1.29, 1.82) is 0 Å². The SMILES string of the molecule is CCCC1=C([C@H](O)CC/C(C)=C/c2ccc(O)c(F)c2)[C@H](CO)[C@@H]2C(=O)N(Cc3cccs3)C(=O)[C@@H]2C1. The van der Waals surface area contributed by atoms with Gasteiger partial charge in [0.25, 0.3) is 0 Å². The molecule has 0 radical (unpaired) electrons. The number of aromatic hydroxyl groups is 1. The van der Waals surface area contributed by atoms with E-state index in [4.69, 9.17) is 0 Å². The number of thiophene rings is 1. The topological polar surface area (TPSA) is 98.1 Å². The van der Waals surface area contributed by atoms with Crippen molar-refractivity contribution >= 4 is 29.2 Å². The van der Waals surface area contributed by atoms with Gasteiger partial charge in [-0.15, -0.1) is 11.3 Å². The maximum absolute atomic E-state index is 13.7. The molecule has 0 unspecified atom stereocenters. The Balaban J connectivity index is 1.54. The van der Waals surface area contributed by atoms with Crippen molar-refractivity contribution in [2.45, 2.75) is 58.6 Å². The highest BCUT2D eigenvalue weighted by Gasteiger charge is 2.54. The molecule has 1 aromatic heterocycles. The minimum Gasteiger partial charge on any atom is -0.505 e. The normalized spacial score (nSPS) is 23.1. The van der Waals surface area contributed by atoms with Crippen molar-refractivity contribution in [3.8, 4) is 5.75 Å². The number of nitrogens with zero attached hydrogens (tertiary/aromatic N) is 1. The van der Waals surface area contributed by atoms with Crippen LogP contribution >= 0.6 is 11.3 Å². The fraction of sp³-hybridized carbons (Fsp3) is 0.448. The summed E-state index contributed by atoms with van der Waals surface area (Å²) in [5.74, 6) is -3.33. The molecule has 2 aromatic rings. The summed E-state index contributed by atoms with van der Waals surface area (Å²) in [5.41, 5.74) is 3.21. The van der Waals surface area contributed by atoms with Crippen molar-refractivity contribution < 1.29 is 29.3 Å². The Labute approximate surface area is 220 Å². The average Bonchev–Trinajstić information content (AvgIpc) is 3.47. The number of aliphatic hydroxyl groups is 2. The molecule has 8 heteroatoms. The van der Waals surface area contributed by atoms with Crippen molar-refractivity contribution in [3.63, 3.8) is 0 Å². The number of fused-ring (bicyclic) bond motifs is 1. The van der Waals surface area contributed by atoms with Crippen LogP contribution in [0.1, 0.15) is 56.4 Å². The lowest BCUT2D eigenvalue weighted by Gasteiger charge is -2.36. The zero-order valence-corrected chi connectivity index (χ0v) is 22.0. The first kappa shape index (κ1) is 27.2. The third-order valence-corrected chi connectivity index (χ3v) is 8.34. The third kappa shape index (κ3) is 5.71. The van der Waals surface area contributed by atoms with E-state index >= 15 is 0 Å². The van der Waals surface area contributed by atoms with E-state index in [0.717, 1.165) is 22.4 Å². The number of carbonyl (C=O) groups is 2. The number of rotatable bonds is 10. The maximum atomic E-state index is 13.7. The van der Waals surface area contributed by atoms with Crippen LogP contribution in [0.3, 0.4) is 0 Å². The number of allylic oxidation sites excluding steroid dienone is 2. The number of hydrogen-bond acceptors (Lipinski definition) is 6. The van der Waals surface area contributed by atoms with Crippen molar-refractivity contribution in [3.05, 3.63) is 68.7 Å². The second kappa shape index (κ2) is 11.7. The zero-order chi connectivity index (χ0) is 26.7. The Morgan fingerprint density at radius 2 is 2.05 bits per heavy atom. The van der Waals surface area contributed by atoms with E-state index in [1.165, 1.54) is 28.4 Å². The maximum Gasteiger partial charge on any atom is 0.234 e. The second-order valence-electron chi connectivity index (χ2n) is 10.0. The molecule has 2 heterocycles. The van der Waals surface area contributed by atoms with Crippen LogP contribution in [-0.4, -0.2) is 44.7 Å². The van der Waals surface area contributed by atoms with E-state index < -0.39 is 35.4 Å². The highest BCUT2D eigenvalue weighted by Crippen LogP contribution is 2.47. The van der Waals surface area contributed by atoms with E-state index in [1.54, 1.807) is 12.1 Å². The Morgan fingerprint density at radius 1 is 1.27 bits per heavy atom. The molecule has 4 rings (SSSR count). The Bertz CT molecular complexity index is 1200. The smallest absolute Gasteiger partial charge is 0.234 e. The number of halogens is 1. The highest BCUT2D eigenvalue weighted by molar-refractivity contribution is 7.09. The van der Waals surface area contributed by atoms with Gasteiger partial charge in [-0.05, 0) is 67.3 Å². The van der Waals surface area contributed by atoms with Crippen LogP contribution in [0.2, 0.25) is 0 Å². The van der Waals surface area contributed by atoms with Crippen LogP contribution < -0.4 is 0 Å². The number of benzene rings is 1. The second-order valence-corrected chi connectivity index (χ2v) is 11.1. The van der Waals surface area contributed by atoms with Gasteiger partial charge in [0.2, 0.25) is 11.8 Å². The number of amides is 2. The van der Waals surface area contributed by atoms with Gasteiger partial charge in [0.1, 0.15) is 0 Å². The lowest BCUT2D eigenvalue weighted by molar-refractivity contribution is -0.140. The monoisotopic (exact) mass is 527 g/mol. The molecule has 0 spiro atoms. The number of aliphatic hydroxyl groups excluding tert-OH is 2. The molecule has 2 aliphatic rings. The molecule has 1 aromatic carbocycles. The molecule has 1 aliphatic heterocycles. The van der Waals surface area contributed by atoms with Gasteiger partial charge in [-0.2, -0.15) is 0 Å². The molecular weight excluding hydrogens is 493 g/mol. The van der Waals surface area contributed by atoms with Crippen molar-refractivity contribution in [2.75, 3.05) is 6.61 Å². The van der Waals surface area contributed by atoms with E-state index in [0.29, 0.717) is 36.8 Å². The fourth-order valence-corrected chi connectivity index (χ4v) is 6.46. The molecule has 6 nitrogen and oxygen atoms in total. The standard InChI is InChI=1S/C29H34FNO5S/c1-3-5-19-14-21-27(29(36)31(28(21)35)15-20-6-4-11-37-20)22(16-32)26(19)25(34)9-7-17(2)12-18-8-10-24(33)23(30)13-18/h4,6,8,10-13,21-22,25,27,32-34H,3,5,7,9,14-16H2,1-2H3/b17-12+/t21-,22+,25-,27-/m1/s1. The molecule has 1 aliphatic carbocycles.